The number of hydrogen-bond donors (Lipinski definition) is 2. The van der Waals surface area contributed by atoms with Crippen molar-refractivity contribution in [2.75, 3.05) is 13.1 Å². The Bertz CT molecular complexity index is 692. The molecule has 6 nitrogen and oxygen atoms in total. The third-order valence-corrected chi connectivity index (χ3v) is 3.88. The summed E-state index contributed by atoms with van der Waals surface area (Å²) in [5, 5.41) is 10.5. The molecule has 2 N–H and O–H groups in total. The number of amides is 1. The van der Waals surface area contributed by atoms with Gasteiger partial charge in [-0.3, -0.25) is 4.79 Å². The van der Waals surface area contributed by atoms with Crippen molar-refractivity contribution in [1.82, 2.24) is 25.4 Å². The van der Waals surface area contributed by atoms with Crippen LogP contribution in [0.2, 0.25) is 0 Å². The predicted molar refractivity (Wildman–Crippen MR) is 95.7 cm³/mol. The standard InChI is InChI=1S/C18H27N5O/c1-6-19-13(4)11-20-18(24)17-21-14(5)23(22-17)16-10-8-7-9-15(16)12(2)3/h7-10,12-13,19H,6,11H2,1-5H3,(H,20,24)/t13-/m1/s1. The number of carbonyl (C=O) groups excluding carboxylic acids is 1. The summed E-state index contributed by atoms with van der Waals surface area (Å²) in [5.74, 6) is 1.02. The van der Waals surface area contributed by atoms with Gasteiger partial charge in [-0.25, -0.2) is 9.67 Å². The van der Waals surface area contributed by atoms with Crippen LogP contribution in [-0.2, 0) is 0 Å². The number of carbonyl (C=O) groups is 1. The number of nitrogens with one attached hydrogen (secondary N) is 2. The van der Waals surface area contributed by atoms with Crippen LogP contribution in [0.5, 0.6) is 0 Å². The normalized spacial score (nSPS) is 12.4. The average Bonchev–Trinajstić information content (AvgIpc) is 2.94. The monoisotopic (exact) mass is 329 g/mol. The lowest BCUT2D eigenvalue weighted by molar-refractivity contribution is 0.0940. The Morgan fingerprint density at radius 2 is 1.96 bits per heavy atom. The molecule has 0 unspecified atom stereocenters. The van der Waals surface area contributed by atoms with Crippen LogP contribution in [0.15, 0.2) is 24.3 Å². The molecule has 1 atom stereocenters. The summed E-state index contributed by atoms with van der Waals surface area (Å²) < 4.78 is 1.75. The summed E-state index contributed by atoms with van der Waals surface area (Å²) in [6.45, 7) is 11.6. The van der Waals surface area contributed by atoms with Gasteiger partial charge in [0, 0.05) is 12.6 Å². The highest BCUT2D eigenvalue weighted by atomic mass is 16.2. The van der Waals surface area contributed by atoms with Crippen LogP contribution in [0.25, 0.3) is 5.69 Å². The Hall–Kier alpha value is -2.21. The van der Waals surface area contributed by atoms with E-state index in [0.29, 0.717) is 18.3 Å². The van der Waals surface area contributed by atoms with Gasteiger partial charge in [0.05, 0.1) is 5.69 Å². The fourth-order valence-electron chi connectivity index (χ4n) is 2.63. The highest BCUT2D eigenvalue weighted by molar-refractivity contribution is 5.90. The van der Waals surface area contributed by atoms with Gasteiger partial charge in [0.1, 0.15) is 5.82 Å². The minimum Gasteiger partial charge on any atom is -0.348 e. The molecule has 1 heterocycles. The van der Waals surface area contributed by atoms with Crippen molar-refractivity contribution < 1.29 is 4.79 Å². The van der Waals surface area contributed by atoms with Crippen LogP contribution >= 0.6 is 0 Å². The number of aryl methyl sites for hydroxylation is 1. The fourth-order valence-corrected chi connectivity index (χ4v) is 2.63. The third-order valence-electron chi connectivity index (χ3n) is 3.88. The Labute approximate surface area is 143 Å². The van der Waals surface area contributed by atoms with Crippen LogP contribution < -0.4 is 10.6 Å². The lowest BCUT2D eigenvalue weighted by atomic mass is 10.0. The fraction of sp³-hybridized carbons (Fsp3) is 0.500. The molecule has 0 fully saturated rings. The molecule has 0 aliphatic carbocycles. The minimum absolute atomic E-state index is 0.203. The molecule has 24 heavy (non-hydrogen) atoms. The quantitative estimate of drug-likeness (QED) is 0.818. The first kappa shape index (κ1) is 18.1. The lowest BCUT2D eigenvalue weighted by Crippen LogP contribution is -2.39. The Morgan fingerprint density at radius 3 is 2.62 bits per heavy atom. The molecule has 0 bridgehead atoms. The van der Waals surface area contributed by atoms with Gasteiger partial charge in [-0.2, -0.15) is 0 Å². The van der Waals surface area contributed by atoms with E-state index in [1.165, 1.54) is 5.56 Å². The van der Waals surface area contributed by atoms with Crippen LogP contribution in [-0.4, -0.2) is 39.8 Å². The summed E-state index contributed by atoms with van der Waals surface area (Å²) in [6.07, 6.45) is 0. The highest BCUT2D eigenvalue weighted by Crippen LogP contribution is 2.23. The molecule has 1 aromatic heterocycles. The second kappa shape index (κ2) is 8.06. The van der Waals surface area contributed by atoms with E-state index in [0.717, 1.165) is 12.2 Å². The first-order valence-corrected chi connectivity index (χ1v) is 8.48. The number of rotatable bonds is 7. The Morgan fingerprint density at radius 1 is 1.25 bits per heavy atom. The number of likely N-dealkylation sites (N-methyl/N-ethyl adjacent to an activating group) is 1. The molecule has 6 heteroatoms. The van der Waals surface area contributed by atoms with Gasteiger partial charge in [0.15, 0.2) is 0 Å². The van der Waals surface area contributed by atoms with Gasteiger partial charge in [0.2, 0.25) is 5.82 Å². The summed E-state index contributed by atoms with van der Waals surface area (Å²) in [6, 6.07) is 8.29. The molecule has 0 saturated carbocycles. The molecule has 2 aromatic rings. The smallest absolute Gasteiger partial charge is 0.291 e. The molecule has 130 valence electrons. The van der Waals surface area contributed by atoms with Gasteiger partial charge in [-0.1, -0.05) is 39.0 Å². The van der Waals surface area contributed by atoms with Crippen molar-refractivity contribution in [1.29, 1.82) is 0 Å². The maximum atomic E-state index is 12.3. The van der Waals surface area contributed by atoms with Crippen molar-refractivity contribution in [3.63, 3.8) is 0 Å². The maximum absolute atomic E-state index is 12.3. The molecule has 2 rings (SSSR count). The minimum atomic E-state index is -0.247. The van der Waals surface area contributed by atoms with Crippen LogP contribution in [0, 0.1) is 6.92 Å². The first-order chi connectivity index (χ1) is 11.4. The van der Waals surface area contributed by atoms with Crippen molar-refractivity contribution >= 4 is 5.91 Å². The van der Waals surface area contributed by atoms with E-state index in [-0.39, 0.29) is 17.8 Å². The van der Waals surface area contributed by atoms with E-state index in [4.69, 9.17) is 0 Å². The SMILES string of the molecule is CCN[C@H](C)CNC(=O)c1nc(C)n(-c2ccccc2C(C)C)n1. The zero-order valence-electron chi connectivity index (χ0n) is 15.1. The topological polar surface area (TPSA) is 71.8 Å². The molecule has 0 radical (unpaired) electrons. The van der Waals surface area contributed by atoms with Crippen LogP contribution in [0.3, 0.4) is 0 Å². The number of benzene rings is 1. The predicted octanol–water partition coefficient (Wildman–Crippen LogP) is 2.43. The van der Waals surface area contributed by atoms with E-state index < -0.39 is 0 Å². The van der Waals surface area contributed by atoms with Crippen molar-refractivity contribution in [3.8, 4) is 5.69 Å². The third kappa shape index (κ3) is 4.20. The van der Waals surface area contributed by atoms with E-state index in [1.807, 2.05) is 39.0 Å². The molecular formula is C18H27N5O. The summed E-state index contributed by atoms with van der Waals surface area (Å²) in [7, 11) is 0. The zero-order chi connectivity index (χ0) is 17.7. The number of nitrogens with zero attached hydrogens (tertiary/aromatic N) is 3. The number of para-hydroxylation sites is 1. The molecule has 0 aliphatic rings. The van der Waals surface area contributed by atoms with Gasteiger partial charge >= 0.3 is 0 Å². The van der Waals surface area contributed by atoms with Gasteiger partial charge in [-0.05, 0) is 37.9 Å². The lowest BCUT2D eigenvalue weighted by Gasteiger charge is -2.13. The molecular weight excluding hydrogens is 302 g/mol. The van der Waals surface area contributed by atoms with Gasteiger partial charge in [0.25, 0.3) is 5.91 Å². The molecule has 1 amide bonds. The molecule has 0 saturated heterocycles. The largest absolute Gasteiger partial charge is 0.348 e. The molecule has 1 aromatic carbocycles. The van der Waals surface area contributed by atoms with E-state index in [9.17, 15) is 4.79 Å². The van der Waals surface area contributed by atoms with Crippen LogP contribution in [0.4, 0.5) is 0 Å². The van der Waals surface area contributed by atoms with Crippen LogP contribution in [0.1, 0.15) is 55.6 Å². The van der Waals surface area contributed by atoms with Crippen molar-refractivity contribution in [2.45, 2.75) is 46.6 Å². The Kier molecular flexibility index (Phi) is 6.09. The van der Waals surface area contributed by atoms with Gasteiger partial charge < -0.3 is 10.6 Å². The van der Waals surface area contributed by atoms with Crippen molar-refractivity contribution in [3.05, 3.63) is 41.5 Å². The van der Waals surface area contributed by atoms with E-state index in [2.05, 4.69) is 40.6 Å². The summed E-state index contributed by atoms with van der Waals surface area (Å²) >= 11 is 0. The van der Waals surface area contributed by atoms with E-state index in [1.54, 1.807) is 4.68 Å². The number of hydrogen-bond acceptors (Lipinski definition) is 4. The second-order valence-electron chi connectivity index (χ2n) is 6.28. The first-order valence-electron chi connectivity index (χ1n) is 8.48. The average molecular weight is 329 g/mol. The van der Waals surface area contributed by atoms with E-state index >= 15 is 0 Å². The highest BCUT2D eigenvalue weighted by Gasteiger charge is 2.17. The summed E-state index contributed by atoms with van der Waals surface area (Å²) in [4.78, 5) is 16.6. The molecule has 0 aliphatic heterocycles. The van der Waals surface area contributed by atoms with Gasteiger partial charge in [-0.15, -0.1) is 5.10 Å². The second-order valence-corrected chi connectivity index (χ2v) is 6.28. The van der Waals surface area contributed by atoms with Crippen molar-refractivity contribution in [2.24, 2.45) is 0 Å². The Balaban J connectivity index is 2.20. The number of aromatic nitrogens is 3. The zero-order valence-corrected chi connectivity index (χ0v) is 15.1. The molecule has 0 spiro atoms. The summed E-state index contributed by atoms with van der Waals surface area (Å²) in [5.41, 5.74) is 2.15. The maximum Gasteiger partial charge on any atom is 0.291 e.